The maximum atomic E-state index is 11.4. The molecule has 0 aliphatic heterocycles. The van der Waals surface area contributed by atoms with Crippen molar-refractivity contribution in [3.63, 3.8) is 0 Å². The zero-order chi connectivity index (χ0) is 11.6. The molecule has 0 amide bonds. The van der Waals surface area contributed by atoms with Gasteiger partial charge in [0, 0.05) is 16.8 Å². The molecule has 1 aliphatic rings. The molecule has 0 aromatic rings. The summed E-state index contributed by atoms with van der Waals surface area (Å²) in [5.41, 5.74) is -0.0747. The van der Waals surface area contributed by atoms with Crippen molar-refractivity contribution < 1.29 is 10.0 Å². The molecule has 1 aliphatic carbocycles. The predicted molar refractivity (Wildman–Crippen MR) is 59.5 cm³/mol. The molecule has 1 N–H and O–H groups in total. The van der Waals surface area contributed by atoms with Crippen molar-refractivity contribution in [2.45, 2.75) is 26.3 Å². The zero-order valence-electron chi connectivity index (χ0n) is 8.99. The van der Waals surface area contributed by atoms with Gasteiger partial charge in [-0.25, -0.2) is 0 Å². The monoisotopic (exact) mass is 227 g/mol. The van der Waals surface area contributed by atoms with Gasteiger partial charge in [-0.1, -0.05) is 11.6 Å². The largest absolute Gasteiger partial charge is 0.289 e. The summed E-state index contributed by atoms with van der Waals surface area (Å²) < 4.78 is 0. The Labute approximate surface area is 94.3 Å². The molecule has 0 bridgehead atoms. The van der Waals surface area contributed by atoms with Gasteiger partial charge >= 0.3 is 0 Å². The summed E-state index contributed by atoms with van der Waals surface area (Å²) in [6.07, 6.45) is 5.82. The van der Waals surface area contributed by atoms with E-state index in [9.17, 15) is 10.0 Å². The molecule has 0 radical (unpaired) electrons. The molecule has 0 unspecified atom stereocenters. The van der Waals surface area contributed by atoms with E-state index in [2.05, 4.69) is 0 Å². The Balaban J connectivity index is 2.93. The quantitative estimate of drug-likeness (QED) is 0.553. The molecule has 0 spiro atoms. The van der Waals surface area contributed by atoms with Gasteiger partial charge in [-0.2, -0.15) is 0 Å². The number of rotatable bonds is 1. The average molecular weight is 228 g/mol. The molecular formula is C11H14ClNO2. The number of hydrogen-bond acceptors (Lipinski definition) is 3. The van der Waals surface area contributed by atoms with Crippen LogP contribution >= 0.6 is 11.6 Å². The van der Waals surface area contributed by atoms with E-state index < -0.39 is 5.54 Å². The number of hydroxylamine groups is 2. The Morgan fingerprint density at radius 3 is 2.53 bits per heavy atom. The lowest BCUT2D eigenvalue weighted by molar-refractivity contribution is -0.116. The van der Waals surface area contributed by atoms with Gasteiger partial charge in [-0.3, -0.25) is 15.1 Å². The first-order valence-electron chi connectivity index (χ1n) is 4.60. The highest BCUT2D eigenvalue weighted by Crippen LogP contribution is 2.19. The fourth-order valence-electron chi connectivity index (χ4n) is 0.946. The summed E-state index contributed by atoms with van der Waals surface area (Å²) >= 11 is 5.76. The van der Waals surface area contributed by atoms with E-state index in [1.54, 1.807) is 0 Å². The molecule has 0 aromatic heterocycles. The van der Waals surface area contributed by atoms with Crippen molar-refractivity contribution in [2.75, 3.05) is 0 Å². The fraction of sp³-hybridized carbons (Fsp3) is 0.364. The van der Waals surface area contributed by atoms with Gasteiger partial charge in [0.05, 0.1) is 5.54 Å². The van der Waals surface area contributed by atoms with Crippen molar-refractivity contribution in [2.24, 2.45) is 0 Å². The van der Waals surface area contributed by atoms with Crippen LogP contribution in [0.3, 0.4) is 0 Å². The average Bonchev–Trinajstić information content (AvgIpc) is 2.09. The number of halogens is 1. The molecule has 0 heterocycles. The van der Waals surface area contributed by atoms with Crippen LogP contribution in [0.4, 0.5) is 0 Å². The van der Waals surface area contributed by atoms with Gasteiger partial charge in [-0.15, -0.1) is 0 Å². The van der Waals surface area contributed by atoms with Gasteiger partial charge in [0.25, 0.3) is 0 Å². The number of allylic oxidation sites excluding steroid dienone is 5. The van der Waals surface area contributed by atoms with Gasteiger partial charge < -0.3 is 0 Å². The van der Waals surface area contributed by atoms with Crippen molar-refractivity contribution in [3.05, 3.63) is 35.0 Å². The van der Waals surface area contributed by atoms with E-state index in [0.29, 0.717) is 10.6 Å². The Morgan fingerprint density at radius 1 is 1.40 bits per heavy atom. The molecule has 3 nitrogen and oxygen atoms in total. The molecule has 4 heteroatoms. The third kappa shape index (κ3) is 3.22. The van der Waals surface area contributed by atoms with Gasteiger partial charge in [-0.05, 0) is 39.0 Å². The summed E-state index contributed by atoms with van der Waals surface area (Å²) in [5, 5.41) is 11.1. The van der Waals surface area contributed by atoms with Gasteiger partial charge in [0.2, 0.25) is 0 Å². The zero-order valence-corrected chi connectivity index (χ0v) is 9.75. The minimum Gasteiger partial charge on any atom is -0.289 e. The third-order valence-electron chi connectivity index (χ3n) is 1.92. The summed E-state index contributed by atoms with van der Waals surface area (Å²) in [4.78, 5) is 11.4. The molecule has 0 saturated heterocycles. The molecule has 1 rings (SSSR count). The second kappa shape index (κ2) is 4.21. The van der Waals surface area contributed by atoms with E-state index >= 15 is 0 Å². The lowest BCUT2D eigenvalue weighted by atomic mass is 10.1. The third-order valence-corrected chi connectivity index (χ3v) is 2.16. The predicted octanol–water partition coefficient (Wildman–Crippen LogP) is 2.62. The van der Waals surface area contributed by atoms with Crippen molar-refractivity contribution in [1.82, 2.24) is 5.06 Å². The number of carbonyl (C=O) groups is 1. The normalized spacial score (nSPS) is 19.4. The number of hydrogen-bond donors (Lipinski definition) is 1. The highest BCUT2D eigenvalue weighted by Gasteiger charge is 2.18. The Hall–Kier alpha value is -1.06. The van der Waals surface area contributed by atoms with Crippen LogP contribution in [0.2, 0.25) is 0 Å². The summed E-state index contributed by atoms with van der Waals surface area (Å²) in [6, 6.07) is 0. The first-order chi connectivity index (χ1) is 6.80. The topological polar surface area (TPSA) is 40.5 Å². The van der Waals surface area contributed by atoms with Crippen LogP contribution in [0, 0.1) is 0 Å². The van der Waals surface area contributed by atoms with E-state index in [0.717, 1.165) is 5.06 Å². The summed E-state index contributed by atoms with van der Waals surface area (Å²) in [7, 11) is 0. The van der Waals surface area contributed by atoms with E-state index in [-0.39, 0.29) is 5.78 Å². The maximum absolute atomic E-state index is 11.4. The van der Waals surface area contributed by atoms with Crippen LogP contribution in [0.5, 0.6) is 0 Å². The smallest absolute Gasteiger partial charge is 0.187 e. The first kappa shape index (κ1) is 12.0. The summed E-state index contributed by atoms with van der Waals surface area (Å²) in [5.74, 6) is -0.164. The minimum absolute atomic E-state index is 0.164. The minimum atomic E-state index is -0.450. The highest BCUT2D eigenvalue weighted by atomic mass is 35.5. The maximum Gasteiger partial charge on any atom is 0.187 e. The van der Waals surface area contributed by atoms with E-state index in [1.165, 1.54) is 24.4 Å². The van der Waals surface area contributed by atoms with Gasteiger partial charge in [0.1, 0.15) is 0 Å². The molecule has 0 atom stereocenters. The van der Waals surface area contributed by atoms with Crippen LogP contribution in [0.15, 0.2) is 35.0 Å². The van der Waals surface area contributed by atoms with E-state index in [1.807, 2.05) is 20.8 Å². The van der Waals surface area contributed by atoms with Crippen molar-refractivity contribution in [1.29, 1.82) is 0 Å². The molecule has 0 aromatic carbocycles. The number of nitrogens with zero attached hydrogens (tertiary/aromatic N) is 1. The van der Waals surface area contributed by atoms with Crippen LogP contribution in [0.1, 0.15) is 20.8 Å². The van der Waals surface area contributed by atoms with Crippen LogP contribution in [0.25, 0.3) is 0 Å². The molecule has 82 valence electrons. The Bertz CT molecular complexity index is 361. The lowest BCUT2D eigenvalue weighted by Crippen LogP contribution is -2.34. The van der Waals surface area contributed by atoms with Crippen molar-refractivity contribution in [3.8, 4) is 0 Å². The molecule has 15 heavy (non-hydrogen) atoms. The van der Waals surface area contributed by atoms with E-state index in [4.69, 9.17) is 11.6 Å². The van der Waals surface area contributed by atoms with Crippen molar-refractivity contribution >= 4 is 17.4 Å². The van der Waals surface area contributed by atoms with Crippen LogP contribution in [-0.4, -0.2) is 21.6 Å². The summed E-state index contributed by atoms with van der Waals surface area (Å²) in [6.45, 7) is 5.50. The molecule has 0 saturated carbocycles. The number of ketones is 1. The lowest BCUT2D eigenvalue weighted by Gasteiger charge is -2.28. The standard InChI is InChI=1S/C11H14ClNO2/c1-11(2,3)13(15)7-8-6-9(12)4-5-10(8)14/h4-7,15H,1-3H3. The Morgan fingerprint density at radius 2 is 2.00 bits per heavy atom. The SMILES string of the molecule is CC(C)(C)N(O)C=C1C=C(Cl)C=CC1=O. The number of carbonyl (C=O) groups excluding carboxylic acids is 1. The molecular weight excluding hydrogens is 214 g/mol. The highest BCUT2D eigenvalue weighted by molar-refractivity contribution is 6.33. The second-order valence-corrected chi connectivity index (χ2v) is 4.76. The molecule has 0 fully saturated rings. The van der Waals surface area contributed by atoms with Gasteiger partial charge in [0.15, 0.2) is 5.78 Å². The Kier molecular flexibility index (Phi) is 3.37. The van der Waals surface area contributed by atoms with Crippen LogP contribution in [-0.2, 0) is 4.79 Å². The fourth-order valence-corrected chi connectivity index (χ4v) is 1.13. The second-order valence-electron chi connectivity index (χ2n) is 4.33. The first-order valence-corrected chi connectivity index (χ1v) is 4.98. The van der Waals surface area contributed by atoms with Crippen LogP contribution < -0.4 is 0 Å².